The van der Waals surface area contributed by atoms with E-state index in [9.17, 15) is 0 Å². The molecule has 1 fully saturated rings. The molecule has 0 aromatic rings. The van der Waals surface area contributed by atoms with Crippen molar-refractivity contribution in [1.29, 1.82) is 0 Å². The van der Waals surface area contributed by atoms with Crippen LogP contribution >= 0.6 is 0 Å². The highest BCUT2D eigenvalue weighted by atomic mass is 14.9. The Morgan fingerprint density at radius 2 is 1.68 bits per heavy atom. The topological polar surface area (TPSA) is 12.0 Å². The fourth-order valence-electron chi connectivity index (χ4n) is 3.78. The van der Waals surface area contributed by atoms with Gasteiger partial charge in [0.05, 0.1) is 0 Å². The van der Waals surface area contributed by atoms with E-state index in [1.54, 1.807) is 0 Å². The van der Waals surface area contributed by atoms with Crippen LogP contribution in [0, 0.1) is 11.8 Å². The highest BCUT2D eigenvalue weighted by molar-refractivity contribution is 4.84. The van der Waals surface area contributed by atoms with E-state index in [1.807, 2.05) is 0 Å². The van der Waals surface area contributed by atoms with Crippen LogP contribution < -0.4 is 5.32 Å². The average Bonchev–Trinajstić information content (AvgIpc) is 2.43. The van der Waals surface area contributed by atoms with Gasteiger partial charge >= 0.3 is 0 Å². The molecule has 1 nitrogen and oxygen atoms in total. The van der Waals surface area contributed by atoms with E-state index in [4.69, 9.17) is 0 Å². The molecule has 0 aromatic heterocycles. The van der Waals surface area contributed by atoms with E-state index in [1.165, 1.54) is 77.2 Å². The third kappa shape index (κ3) is 6.79. The zero-order chi connectivity index (χ0) is 13.9. The summed E-state index contributed by atoms with van der Waals surface area (Å²) in [6, 6.07) is 0.828. The number of hydrogen-bond donors (Lipinski definition) is 1. The van der Waals surface area contributed by atoms with Gasteiger partial charge in [0.25, 0.3) is 0 Å². The van der Waals surface area contributed by atoms with Gasteiger partial charge in [-0.05, 0) is 50.5 Å². The van der Waals surface area contributed by atoms with Gasteiger partial charge in [-0.15, -0.1) is 0 Å². The van der Waals surface area contributed by atoms with E-state index in [-0.39, 0.29) is 0 Å². The lowest BCUT2D eigenvalue weighted by atomic mass is 9.74. The first-order valence-electron chi connectivity index (χ1n) is 9.05. The highest BCUT2D eigenvalue weighted by Gasteiger charge is 2.28. The molecule has 0 amide bonds. The standard InChI is InChI=1S/C18H37N/c1-4-7-8-9-11-17-15-16(10-5-2)12-13-18(17)19-14-6-3/h16-19H,4-15H2,1-3H3. The molecule has 1 heteroatoms. The van der Waals surface area contributed by atoms with Gasteiger partial charge in [0.2, 0.25) is 0 Å². The van der Waals surface area contributed by atoms with Gasteiger partial charge in [0.1, 0.15) is 0 Å². The van der Waals surface area contributed by atoms with Crippen molar-refractivity contribution in [1.82, 2.24) is 5.32 Å². The van der Waals surface area contributed by atoms with Crippen molar-refractivity contribution in [3.05, 3.63) is 0 Å². The summed E-state index contributed by atoms with van der Waals surface area (Å²) in [7, 11) is 0. The zero-order valence-electron chi connectivity index (χ0n) is 13.7. The smallest absolute Gasteiger partial charge is 0.00955 e. The highest BCUT2D eigenvalue weighted by Crippen LogP contribution is 2.35. The van der Waals surface area contributed by atoms with Crippen molar-refractivity contribution in [2.75, 3.05) is 6.54 Å². The summed E-state index contributed by atoms with van der Waals surface area (Å²) in [5.41, 5.74) is 0. The molecule has 0 heterocycles. The van der Waals surface area contributed by atoms with Crippen LogP contribution in [0.25, 0.3) is 0 Å². The van der Waals surface area contributed by atoms with Gasteiger partial charge in [0.15, 0.2) is 0 Å². The minimum Gasteiger partial charge on any atom is -0.314 e. The lowest BCUT2D eigenvalue weighted by Crippen LogP contribution is -2.41. The molecule has 3 unspecified atom stereocenters. The van der Waals surface area contributed by atoms with Gasteiger partial charge in [0, 0.05) is 6.04 Å². The Labute approximate surface area is 121 Å². The summed E-state index contributed by atoms with van der Waals surface area (Å²) in [6.45, 7) is 8.15. The van der Waals surface area contributed by atoms with Crippen molar-refractivity contribution in [2.24, 2.45) is 11.8 Å². The zero-order valence-corrected chi connectivity index (χ0v) is 13.7. The van der Waals surface area contributed by atoms with Crippen molar-refractivity contribution in [3.8, 4) is 0 Å². The second-order valence-electron chi connectivity index (χ2n) is 6.64. The first kappa shape index (κ1) is 17.0. The second kappa shape index (κ2) is 10.7. The van der Waals surface area contributed by atoms with Crippen molar-refractivity contribution < 1.29 is 0 Å². The van der Waals surface area contributed by atoms with Crippen LogP contribution in [0.5, 0.6) is 0 Å². The molecule has 19 heavy (non-hydrogen) atoms. The minimum atomic E-state index is 0.828. The SMILES string of the molecule is CCCCCCC1CC(CCC)CCC1NCCC. The van der Waals surface area contributed by atoms with E-state index in [0.717, 1.165) is 17.9 Å². The maximum absolute atomic E-state index is 3.82. The van der Waals surface area contributed by atoms with Gasteiger partial charge in [-0.2, -0.15) is 0 Å². The normalized spacial score (nSPS) is 27.6. The van der Waals surface area contributed by atoms with Gasteiger partial charge in [-0.25, -0.2) is 0 Å². The van der Waals surface area contributed by atoms with Crippen LogP contribution in [0.4, 0.5) is 0 Å². The Morgan fingerprint density at radius 1 is 0.842 bits per heavy atom. The van der Waals surface area contributed by atoms with E-state index in [2.05, 4.69) is 26.1 Å². The monoisotopic (exact) mass is 267 g/mol. The molecule has 0 aromatic carbocycles. The summed E-state index contributed by atoms with van der Waals surface area (Å²) in [5.74, 6) is 1.99. The summed E-state index contributed by atoms with van der Waals surface area (Å²) in [4.78, 5) is 0. The van der Waals surface area contributed by atoms with Crippen LogP contribution in [-0.4, -0.2) is 12.6 Å². The van der Waals surface area contributed by atoms with E-state index >= 15 is 0 Å². The second-order valence-corrected chi connectivity index (χ2v) is 6.64. The van der Waals surface area contributed by atoms with Gasteiger partial charge in [-0.1, -0.05) is 59.3 Å². The van der Waals surface area contributed by atoms with Crippen LogP contribution in [0.1, 0.15) is 91.4 Å². The Kier molecular flexibility index (Phi) is 9.59. The third-order valence-electron chi connectivity index (χ3n) is 4.87. The first-order chi connectivity index (χ1) is 9.31. The molecular weight excluding hydrogens is 230 g/mol. The Balaban J connectivity index is 2.35. The van der Waals surface area contributed by atoms with Crippen molar-refractivity contribution in [3.63, 3.8) is 0 Å². The fourth-order valence-corrected chi connectivity index (χ4v) is 3.78. The molecule has 0 radical (unpaired) electrons. The van der Waals surface area contributed by atoms with Gasteiger partial charge in [-0.3, -0.25) is 0 Å². The predicted molar refractivity (Wildman–Crippen MR) is 86.6 cm³/mol. The Bertz CT molecular complexity index is 202. The average molecular weight is 268 g/mol. The molecule has 1 N–H and O–H groups in total. The molecule has 114 valence electrons. The summed E-state index contributed by atoms with van der Waals surface area (Å²) in [5, 5.41) is 3.82. The number of unbranched alkanes of at least 4 members (excludes halogenated alkanes) is 3. The predicted octanol–water partition coefficient (Wildman–Crippen LogP) is 5.54. The molecule has 1 saturated carbocycles. The Hall–Kier alpha value is -0.0400. The summed E-state index contributed by atoms with van der Waals surface area (Å²) in [6.07, 6.45) is 15.7. The summed E-state index contributed by atoms with van der Waals surface area (Å²) >= 11 is 0. The van der Waals surface area contributed by atoms with Crippen LogP contribution in [0.2, 0.25) is 0 Å². The molecule has 0 bridgehead atoms. The summed E-state index contributed by atoms with van der Waals surface area (Å²) < 4.78 is 0. The molecule has 0 aliphatic heterocycles. The number of rotatable bonds is 10. The Morgan fingerprint density at radius 3 is 2.37 bits per heavy atom. The van der Waals surface area contributed by atoms with E-state index < -0.39 is 0 Å². The van der Waals surface area contributed by atoms with Crippen LogP contribution in [0.3, 0.4) is 0 Å². The lowest BCUT2D eigenvalue weighted by molar-refractivity contribution is 0.182. The molecule has 1 aliphatic carbocycles. The number of hydrogen-bond acceptors (Lipinski definition) is 1. The molecule has 0 spiro atoms. The first-order valence-corrected chi connectivity index (χ1v) is 9.05. The largest absolute Gasteiger partial charge is 0.314 e. The van der Waals surface area contributed by atoms with Gasteiger partial charge < -0.3 is 5.32 Å². The quantitative estimate of drug-likeness (QED) is 0.512. The molecule has 1 aliphatic rings. The maximum Gasteiger partial charge on any atom is 0.00955 e. The molecule has 3 atom stereocenters. The fraction of sp³-hybridized carbons (Fsp3) is 1.00. The van der Waals surface area contributed by atoms with E-state index in [0.29, 0.717) is 0 Å². The van der Waals surface area contributed by atoms with Crippen molar-refractivity contribution in [2.45, 2.75) is 97.4 Å². The third-order valence-corrected chi connectivity index (χ3v) is 4.87. The van der Waals surface area contributed by atoms with Crippen LogP contribution in [-0.2, 0) is 0 Å². The van der Waals surface area contributed by atoms with Crippen LogP contribution in [0.15, 0.2) is 0 Å². The maximum atomic E-state index is 3.82. The minimum absolute atomic E-state index is 0.828. The van der Waals surface area contributed by atoms with Crippen molar-refractivity contribution >= 4 is 0 Å². The molecule has 1 rings (SSSR count). The molecule has 0 saturated heterocycles. The molecular formula is C18H37N. The number of nitrogens with one attached hydrogen (secondary N) is 1. The lowest BCUT2D eigenvalue weighted by Gasteiger charge is -2.37.